The zero-order valence-corrected chi connectivity index (χ0v) is 21.5. The fourth-order valence-corrected chi connectivity index (χ4v) is 4.88. The quantitative estimate of drug-likeness (QED) is 0.264. The number of nitrogens with one attached hydrogen (secondary N) is 1. The summed E-state index contributed by atoms with van der Waals surface area (Å²) in [5, 5.41) is 13.5. The van der Waals surface area contributed by atoms with E-state index in [1.807, 2.05) is 6.07 Å². The Morgan fingerprint density at radius 3 is 2.75 bits per heavy atom. The molecule has 1 aliphatic rings. The van der Waals surface area contributed by atoms with E-state index in [9.17, 15) is 18.7 Å². The van der Waals surface area contributed by atoms with Gasteiger partial charge in [-0.15, -0.1) is 0 Å². The van der Waals surface area contributed by atoms with Crippen LogP contribution in [0.1, 0.15) is 32.9 Å². The molecule has 0 spiro atoms. The van der Waals surface area contributed by atoms with Crippen molar-refractivity contribution in [3.63, 3.8) is 0 Å². The Morgan fingerprint density at radius 1 is 1.20 bits per heavy atom. The van der Waals surface area contributed by atoms with Crippen molar-refractivity contribution in [3.8, 4) is 17.3 Å². The van der Waals surface area contributed by atoms with Crippen LogP contribution in [-0.4, -0.2) is 60.2 Å². The summed E-state index contributed by atoms with van der Waals surface area (Å²) in [4.78, 5) is 27.6. The van der Waals surface area contributed by atoms with Crippen LogP contribution in [0.2, 0.25) is 0 Å². The second kappa shape index (κ2) is 10.1. The molecule has 10 nitrogen and oxygen atoms in total. The van der Waals surface area contributed by atoms with Crippen LogP contribution in [0.5, 0.6) is 11.6 Å². The van der Waals surface area contributed by atoms with Crippen LogP contribution in [0.3, 0.4) is 0 Å². The highest BCUT2D eigenvalue weighted by molar-refractivity contribution is 6.12. The lowest BCUT2D eigenvalue weighted by Crippen LogP contribution is -2.33. The molecule has 204 valence electrons. The van der Waals surface area contributed by atoms with E-state index in [0.29, 0.717) is 35.6 Å². The minimum Gasteiger partial charge on any atom is -0.433 e. The zero-order valence-electron chi connectivity index (χ0n) is 21.5. The molecule has 40 heavy (non-hydrogen) atoms. The first kappa shape index (κ1) is 25.6. The van der Waals surface area contributed by atoms with Crippen molar-refractivity contribution in [3.05, 3.63) is 88.5 Å². The molecule has 1 aromatic carbocycles. The number of anilines is 1. The fraction of sp³-hybridized carbons (Fsp3) is 0.214. The molecule has 4 aromatic heterocycles. The molecule has 12 heteroatoms. The summed E-state index contributed by atoms with van der Waals surface area (Å²) in [6.45, 7) is 3.94. The fourth-order valence-electron chi connectivity index (χ4n) is 4.88. The van der Waals surface area contributed by atoms with E-state index in [-0.39, 0.29) is 29.7 Å². The lowest BCUT2D eigenvalue weighted by molar-refractivity contribution is 0.103. The van der Waals surface area contributed by atoms with E-state index in [1.165, 1.54) is 29.2 Å². The predicted molar refractivity (Wildman–Crippen MR) is 143 cm³/mol. The van der Waals surface area contributed by atoms with Crippen molar-refractivity contribution in [1.82, 2.24) is 29.6 Å². The number of pyridine rings is 2. The van der Waals surface area contributed by atoms with Crippen molar-refractivity contribution >= 4 is 22.6 Å². The Labute approximate surface area is 227 Å². The average Bonchev–Trinajstić information content (AvgIpc) is 3.52. The van der Waals surface area contributed by atoms with Crippen LogP contribution in [0.4, 0.5) is 14.6 Å². The molecule has 0 bridgehead atoms. The molecular formula is C28H25F2N7O3. The third kappa shape index (κ3) is 4.56. The van der Waals surface area contributed by atoms with Crippen LogP contribution < -0.4 is 10.5 Å². The predicted octanol–water partition coefficient (Wildman–Crippen LogP) is 3.69. The number of ether oxygens (including phenoxy) is 1. The number of ketones is 1. The van der Waals surface area contributed by atoms with Crippen molar-refractivity contribution < 1.29 is 23.4 Å². The Hall–Kier alpha value is -4.68. The molecule has 4 N–H and O–H groups in total. The van der Waals surface area contributed by atoms with Gasteiger partial charge in [0.2, 0.25) is 17.4 Å². The van der Waals surface area contributed by atoms with E-state index in [2.05, 4.69) is 20.0 Å². The van der Waals surface area contributed by atoms with Gasteiger partial charge in [0.25, 0.3) is 0 Å². The molecule has 5 heterocycles. The third-order valence-corrected chi connectivity index (χ3v) is 6.95. The summed E-state index contributed by atoms with van der Waals surface area (Å²) in [6.07, 6.45) is 3.55. The van der Waals surface area contributed by atoms with Gasteiger partial charge in [0.05, 0.1) is 47.0 Å². The lowest BCUT2D eigenvalue weighted by Gasteiger charge is -2.27. The monoisotopic (exact) mass is 545 g/mol. The molecule has 0 unspecified atom stereocenters. The number of H-pyrrole nitrogens is 1. The van der Waals surface area contributed by atoms with E-state index in [4.69, 9.17) is 15.5 Å². The van der Waals surface area contributed by atoms with Crippen molar-refractivity contribution in [2.24, 2.45) is 0 Å². The van der Waals surface area contributed by atoms with E-state index >= 15 is 0 Å². The number of para-hydroxylation sites is 1. The normalized spacial score (nSPS) is 13.5. The Kier molecular flexibility index (Phi) is 6.48. The van der Waals surface area contributed by atoms with Gasteiger partial charge in [-0.3, -0.25) is 14.7 Å². The topological polar surface area (TPSA) is 135 Å². The lowest BCUT2D eigenvalue weighted by atomic mass is 10.1. The van der Waals surface area contributed by atoms with Crippen LogP contribution in [0.25, 0.3) is 16.7 Å². The number of carbonyl (C=O) groups excluding carboxylic acids is 1. The summed E-state index contributed by atoms with van der Waals surface area (Å²) in [5.74, 6) is -2.50. The summed E-state index contributed by atoms with van der Waals surface area (Å²) in [5.41, 5.74) is 11.4. The van der Waals surface area contributed by atoms with Gasteiger partial charge >= 0.3 is 0 Å². The van der Waals surface area contributed by atoms with Gasteiger partial charge in [0, 0.05) is 37.8 Å². The van der Waals surface area contributed by atoms with Gasteiger partial charge in [0.1, 0.15) is 5.82 Å². The first-order chi connectivity index (χ1) is 19.3. The van der Waals surface area contributed by atoms with Gasteiger partial charge in [-0.1, -0.05) is 6.07 Å². The number of nitrogen functional groups attached to an aromatic ring is 1. The molecule has 0 aliphatic carbocycles. The zero-order chi connectivity index (χ0) is 28.0. The number of hydrogen-bond donors (Lipinski definition) is 3. The van der Waals surface area contributed by atoms with Crippen LogP contribution in [0.15, 0.2) is 48.8 Å². The van der Waals surface area contributed by atoms with Crippen LogP contribution >= 0.6 is 0 Å². The largest absolute Gasteiger partial charge is 0.433 e. The highest BCUT2D eigenvalue weighted by Crippen LogP contribution is 2.29. The number of aliphatic hydroxyl groups excluding tert-OH is 1. The molecule has 5 aromatic rings. The molecule has 0 amide bonds. The van der Waals surface area contributed by atoms with Gasteiger partial charge in [-0.2, -0.15) is 5.10 Å². The number of rotatable bonds is 7. The number of β-amino-alcohol motifs (C(OH)–C–C–N with tert-alkyl or cyclic N) is 1. The maximum atomic E-state index is 14.0. The number of carbonyl (C=O) groups is 1. The number of nitrogens with zero attached hydrogens (tertiary/aromatic N) is 5. The number of halogens is 2. The first-order valence-electron chi connectivity index (χ1n) is 12.6. The summed E-state index contributed by atoms with van der Waals surface area (Å²) >= 11 is 0. The van der Waals surface area contributed by atoms with Crippen molar-refractivity contribution in [2.45, 2.75) is 19.9 Å². The maximum Gasteiger partial charge on any atom is 0.219 e. The third-order valence-electron chi connectivity index (χ3n) is 6.95. The number of hydrogen-bond acceptors (Lipinski definition) is 8. The molecule has 1 aliphatic heterocycles. The number of aromatic amines is 1. The standard InChI is InChI=1S/C28H25F2N7O3/c1-15-9-25(40-27-18(29)3-2-4-19(27)30)32-13-24(15)37-28(31)17(12-33-37)26(39)23-11-22-21(35-23)10-16-14-36(7-8-38)6-5-20(16)34-22/h2-4,9-13,35,38H,5-8,14,31H2,1H3. The number of aryl methyl sites for hydroxylation is 1. The Morgan fingerprint density at radius 2 is 2.00 bits per heavy atom. The molecular weight excluding hydrogens is 520 g/mol. The van der Waals surface area contributed by atoms with Crippen LogP contribution in [0, 0.1) is 18.6 Å². The average molecular weight is 546 g/mol. The number of aliphatic hydroxyl groups is 1. The number of benzene rings is 1. The SMILES string of the molecule is Cc1cc(Oc2c(F)cccc2F)ncc1-n1ncc(C(=O)c2cc3nc4c(cc3[nH]2)CN(CCO)CC4)c1N. The van der Waals surface area contributed by atoms with Crippen molar-refractivity contribution in [1.29, 1.82) is 0 Å². The van der Waals surface area contributed by atoms with Gasteiger partial charge in [0.15, 0.2) is 11.6 Å². The molecule has 6 rings (SSSR count). The van der Waals surface area contributed by atoms with E-state index in [1.54, 1.807) is 13.0 Å². The second-order valence-corrected chi connectivity index (χ2v) is 9.61. The summed E-state index contributed by atoms with van der Waals surface area (Å²) in [7, 11) is 0. The van der Waals surface area contributed by atoms with Gasteiger partial charge in [-0.05, 0) is 42.3 Å². The molecule has 0 atom stereocenters. The van der Waals surface area contributed by atoms with Crippen LogP contribution in [-0.2, 0) is 13.0 Å². The van der Waals surface area contributed by atoms with Gasteiger partial charge < -0.3 is 20.6 Å². The summed E-state index contributed by atoms with van der Waals surface area (Å²) in [6, 6.07) is 8.62. The first-order valence-corrected chi connectivity index (χ1v) is 12.6. The molecule has 0 fully saturated rings. The Balaban J connectivity index is 1.26. The minimum absolute atomic E-state index is 0.0139. The van der Waals surface area contributed by atoms with E-state index in [0.717, 1.165) is 41.9 Å². The minimum atomic E-state index is -0.848. The summed E-state index contributed by atoms with van der Waals surface area (Å²) < 4.78 is 34.6. The number of aromatic nitrogens is 5. The second-order valence-electron chi connectivity index (χ2n) is 9.61. The number of fused-ring (bicyclic) bond motifs is 2. The van der Waals surface area contributed by atoms with Gasteiger partial charge in [-0.25, -0.2) is 18.4 Å². The van der Waals surface area contributed by atoms with E-state index < -0.39 is 17.4 Å². The smallest absolute Gasteiger partial charge is 0.219 e. The Bertz CT molecular complexity index is 1740. The highest BCUT2D eigenvalue weighted by Gasteiger charge is 2.23. The molecule has 0 saturated carbocycles. The number of nitrogens with two attached hydrogens (primary N) is 1. The molecule has 0 radical (unpaired) electrons. The maximum absolute atomic E-state index is 14.0. The van der Waals surface area contributed by atoms with Crippen molar-refractivity contribution in [2.75, 3.05) is 25.4 Å². The molecule has 0 saturated heterocycles. The highest BCUT2D eigenvalue weighted by atomic mass is 19.1.